The molecule has 0 N–H and O–H groups in total. The van der Waals surface area contributed by atoms with Crippen LogP contribution in [0, 0.1) is 0 Å². The van der Waals surface area contributed by atoms with E-state index in [2.05, 4.69) is 59.2 Å². The molecule has 0 amide bonds. The van der Waals surface area contributed by atoms with Crippen LogP contribution in [-0.4, -0.2) is 16.2 Å². The molecule has 1 unspecified atom stereocenters. The average molecular weight is 292 g/mol. The number of aromatic nitrogens is 2. The maximum atomic E-state index is 5.88. The standard InChI is InChI=1S/C19H20N2O/c1-2-7-15(8-3-1)12-13-21-17-10-5-4-9-16(17)20-19(21)18-11-6-14-22-18/h1-5,7-10,18H,6,11-14H2. The van der Waals surface area contributed by atoms with Gasteiger partial charge in [0.1, 0.15) is 11.9 Å². The first-order valence-electron chi connectivity index (χ1n) is 8.02. The number of benzene rings is 2. The molecule has 1 saturated heterocycles. The summed E-state index contributed by atoms with van der Waals surface area (Å²) in [5, 5.41) is 0. The molecule has 3 aromatic rings. The monoisotopic (exact) mass is 292 g/mol. The fourth-order valence-corrected chi connectivity index (χ4v) is 3.24. The predicted octanol–water partition coefficient (Wildman–Crippen LogP) is 4.13. The summed E-state index contributed by atoms with van der Waals surface area (Å²) in [5.74, 6) is 1.09. The SMILES string of the molecule is c1ccc(CCn2c(C3CCCO3)nc3ccccc32)cc1. The molecule has 112 valence electrons. The zero-order valence-corrected chi connectivity index (χ0v) is 12.6. The van der Waals surface area contributed by atoms with Gasteiger partial charge in [0.2, 0.25) is 0 Å². The van der Waals surface area contributed by atoms with Crippen molar-refractivity contribution in [3.05, 3.63) is 66.0 Å². The minimum atomic E-state index is 0.156. The highest BCUT2D eigenvalue weighted by molar-refractivity contribution is 5.76. The van der Waals surface area contributed by atoms with Gasteiger partial charge in [0, 0.05) is 13.2 Å². The number of para-hydroxylation sites is 2. The molecule has 4 rings (SSSR count). The highest BCUT2D eigenvalue weighted by atomic mass is 16.5. The van der Waals surface area contributed by atoms with Gasteiger partial charge in [-0.05, 0) is 37.0 Å². The molecule has 0 bridgehead atoms. The van der Waals surface area contributed by atoms with E-state index in [1.54, 1.807) is 0 Å². The Morgan fingerprint density at radius 3 is 2.68 bits per heavy atom. The molecule has 1 aromatic heterocycles. The third kappa shape index (κ3) is 2.53. The summed E-state index contributed by atoms with van der Waals surface area (Å²) >= 11 is 0. The lowest BCUT2D eigenvalue weighted by atomic mass is 10.1. The number of nitrogens with zero attached hydrogens (tertiary/aromatic N) is 2. The number of hydrogen-bond donors (Lipinski definition) is 0. The van der Waals surface area contributed by atoms with Crippen LogP contribution in [0.1, 0.15) is 30.3 Å². The van der Waals surface area contributed by atoms with Crippen LogP contribution in [0.15, 0.2) is 54.6 Å². The lowest BCUT2D eigenvalue weighted by Crippen LogP contribution is -2.10. The molecule has 1 aliphatic rings. The second-order valence-corrected chi connectivity index (χ2v) is 5.85. The van der Waals surface area contributed by atoms with Gasteiger partial charge in [0.15, 0.2) is 0 Å². The van der Waals surface area contributed by atoms with Crippen molar-refractivity contribution in [1.82, 2.24) is 9.55 Å². The normalized spacial score (nSPS) is 18.1. The number of fused-ring (bicyclic) bond motifs is 1. The van der Waals surface area contributed by atoms with Crippen LogP contribution in [0.2, 0.25) is 0 Å². The molecule has 1 fully saturated rings. The second kappa shape index (κ2) is 5.93. The van der Waals surface area contributed by atoms with Crippen LogP contribution >= 0.6 is 0 Å². The Labute approximate surface area is 130 Å². The molecule has 0 aliphatic carbocycles. The van der Waals surface area contributed by atoms with Crippen molar-refractivity contribution in [2.45, 2.75) is 31.9 Å². The minimum absolute atomic E-state index is 0.156. The number of imidazole rings is 1. The van der Waals surface area contributed by atoms with Crippen molar-refractivity contribution in [2.24, 2.45) is 0 Å². The lowest BCUT2D eigenvalue weighted by molar-refractivity contribution is 0.102. The summed E-state index contributed by atoms with van der Waals surface area (Å²) in [5.41, 5.74) is 3.64. The molecule has 0 spiro atoms. The zero-order valence-electron chi connectivity index (χ0n) is 12.6. The highest BCUT2D eigenvalue weighted by Crippen LogP contribution is 2.30. The summed E-state index contributed by atoms with van der Waals surface area (Å²) in [6.45, 7) is 1.80. The van der Waals surface area contributed by atoms with E-state index < -0.39 is 0 Å². The summed E-state index contributed by atoms with van der Waals surface area (Å²) in [7, 11) is 0. The third-order valence-electron chi connectivity index (χ3n) is 4.37. The van der Waals surface area contributed by atoms with Gasteiger partial charge in [-0.2, -0.15) is 0 Å². The van der Waals surface area contributed by atoms with E-state index in [9.17, 15) is 0 Å². The van der Waals surface area contributed by atoms with Gasteiger partial charge in [-0.15, -0.1) is 0 Å². The summed E-state index contributed by atoms with van der Waals surface area (Å²) in [6, 6.07) is 19.0. The molecule has 0 radical (unpaired) electrons. The summed E-state index contributed by atoms with van der Waals surface area (Å²) < 4.78 is 8.22. The van der Waals surface area contributed by atoms with E-state index in [1.165, 1.54) is 11.1 Å². The number of hydrogen-bond acceptors (Lipinski definition) is 2. The van der Waals surface area contributed by atoms with Gasteiger partial charge in [0.25, 0.3) is 0 Å². The fourth-order valence-electron chi connectivity index (χ4n) is 3.24. The molecular weight excluding hydrogens is 272 g/mol. The summed E-state index contributed by atoms with van der Waals surface area (Å²) in [6.07, 6.45) is 3.38. The average Bonchev–Trinajstić information content (AvgIpc) is 3.21. The van der Waals surface area contributed by atoms with Crippen molar-refractivity contribution >= 4 is 11.0 Å². The number of rotatable bonds is 4. The third-order valence-corrected chi connectivity index (χ3v) is 4.37. The maximum Gasteiger partial charge on any atom is 0.139 e. The van der Waals surface area contributed by atoms with Crippen molar-refractivity contribution in [3.8, 4) is 0 Å². The molecular formula is C19H20N2O. The summed E-state index contributed by atoms with van der Waals surface area (Å²) in [4.78, 5) is 4.84. The molecule has 2 aromatic carbocycles. The Morgan fingerprint density at radius 1 is 1.05 bits per heavy atom. The largest absolute Gasteiger partial charge is 0.370 e. The molecule has 1 aliphatic heterocycles. The van der Waals surface area contributed by atoms with Crippen LogP contribution in [-0.2, 0) is 17.7 Å². The van der Waals surface area contributed by atoms with Crippen LogP contribution in [0.25, 0.3) is 11.0 Å². The number of aryl methyl sites for hydroxylation is 2. The number of ether oxygens (including phenoxy) is 1. The lowest BCUT2D eigenvalue weighted by Gasteiger charge is -2.13. The van der Waals surface area contributed by atoms with Crippen molar-refractivity contribution in [2.75, 3.05) is 6.61 Å². The van der Waals surface area contributed by atoms with Crippen LogP contribution in [0.5, 0.6) is 0 Å². The van der Waals surface area contributed by atoms with Gasteiger partial charge in [-0.25, -0.2) is 4.98 Å². The van der Waals surface area contributed by atoms with Gasteiger partial charge in [-0.1, -0.05) is 42.5 Å². The van der Waals surface area contributed by atoms with Gasteiger partial charge in [0.05, 0.1) is 11.0 Å². The smallest absolute Gasteiger partial charge is 0.139 e. The van der Waals surface area contributed by atoms with Crippen LogP contribution in [0.3, 0.4) is 0 Å². The van der Waals surface area contributed by atoms with Crippen molar-refractivity contribution in [1.29, 1.82) is 0 Å². The Balaban J connectivity index is 1.69. The topological polar surface area (TPSA) is 27.1 Å². The Kier molecular flexibility index (Phi) is 3.65. The fraction of sp³-hybridized carbons (Fsp3) is 0.316. The Morgan fingerprint density at radius 2 is 1.86 bits per heavy atom. The first kappa shape index (κ1) is 13.5. The molecule has 3 nitrogen and oxygen atoms in total. The maximum absolute atomic E-state index is 5.88. The molecule has 0 saturated carbocycles. The Hall–Kier alpha value is -2.13. The first-order chi connectivity index (χ1) is 10.9. The molecule has 22 heavy (non-hydrogen) atoms. The van der Waals surface area contributed by atoms with Crippen molar-refractivity contribution < 1.29 is 4.74 Å². The van der Waals surface area contributed by atoms with E-state index >= 15 is 0 Å². The van der Waals surface area contributed by atoms with E-state index in [0.29, 0.717) is 0 Å². The van der Waals surface area contributed by atoms with Gasteiger partial charge in [-0.3, -0.25) is 0 Å². The highest BCUT2D eigenvalue weighted by Gasteiger charge is 2.24. The molecule has 1 atom stereocenters. The van der Waals surface area contributed by atoms with Crippen LogP contribution in [0.4, 0.5) is 0 Å². The Bertz CT molecular complexity index is 757. The second-order valence-electron chi connectivity index (χ2n) is 5.85. The molecule has 3 heteroatoms. The van der Waals surface area contributed by atoms with Gasteiger partial charge < -0.3 is 9.30 Å². The quantitative estimate of drug-likeness (QED) is 0.723. The van der Waals surface area contributed by atoms with E-state index in [-0.39, 0.29) is 6.10 Å². The van der Waals surface area contributed by atoms with Gasteiger partial charge >= 0.3 is 0 Å². The van der Waals surface area contributed by atoms with E-state index in [1.807, 2.05) is 0 Å². The zero-order chi connectivity index (χ0) is 14.8. The predicted molar refractivity (Wildman–Crippen MR) is 87.8 cm³/mol. The minimum Gasteiger partial charge on any atom is -0.370 e. The van der Waals surface area contributed by atoms with Crippen LogP contribution < -0.4 is 0 Å². The van der Waals surface area contributed by atoms with E-state index in [4.69, 9.17) is 9.72 Å². The first-order valence-corrected chi connectivity index (χ1v) is 8.02. The van der Waals surface area contributed by atoms with Crippen molar-refractivity contribution in [3.63, 3.8) is 0 Å². The van der Waals surface area contributed by atoms with E-state index in [0.717, 1.165) is 43.8 Å². The molecule has 2 heterocycles.